The summed E-state index contributed by atoms with van der Waals surface area (Å²) in [5, 5.41) is 0. The molecule has 4 nitrogen and oxygen atoms in total. The Labute approximate surface area is 109 Å². The first kappa shape index (κ1) is 12.9. The van der Waals surface area contributed by atoms with Crippen molar-refractivity contribution in [3.63, 3.8) is 0 Å². The molecule has 0 fully saturated rings. The molecule has 0 aliphatic rings. The Bertz CT molecular complexity index is 641. The molecule has 0 spiro atoms. The fourth-order valence-electron chi connectivity index (χ4n) is 1.66. The smallest absolute Gasteiger partial charge is 0.252 e. The maximum Gasteiger partial charge on any atom is 0.252 e. The predicted molar refractivity (Wildman–Crippen MR) is 70.6 cm³/mol. The van der Waals surface area contributed by atoms with Crippen LogP contribution in [-0.4, -0.2) is 5.91 Å². The third-order valence-electron chi connectivity index (χ3n) is 2.66. The number of hydrogen-bond acceptors (Lipinski definition) is 3. The van der Waals surface area contributed by atoms with Gasteiger partial charge in [-0.15, -0.1) is 0 Å². The highest BCUT2D eigenvalue weighted by Gasteiger charge is 2.13. The fourth-order valence-corrected chi connectivity index (χ4v) is 1.66. The number of carbonyl (C=O) groups is 1. The summed E-state index contributed by atoms with van der Waals surface area (Å²) < 4.78 is 18.7. The number of amides is 1. The SMILES string of the molecule is Cc1cc(Oc2c(N)cccc2C(N)=O)ccc1F. The summed E-state index contributed by atoms with van der Waals surface area (Å²) >= 11 is 0. The van der Waals surface area contributed by atoms with Crippen LogP contribution in [0.3, 0.4) is 0 Å². The largest absolute Gasteiger partial charge is 0.454 e. The van der Waals surface area contributed by atoms with Crippen molar-refractivity contribution in [2.24, 2.45) is 5.73 Å². The lowest BCUT2D eigenvalue weighted by Crippen LogP contribution is -2.13. The van der Waals surface area contributed by atoms with Crippen LogP contribution in [0.15, 0.2) is 36.4 Å². The molecule has 19 heavy (non-hydrogen) atoms. The van der Waals surface area contributed by atoms with Crippen LogP contribution >= 0.6 is 0 Å². The summed E-state index contributed by atoms with van der Waals surface area (Å²) in [6, 6.07) is 8.99. The number of halogens is 1. The zero-order chi connectivity index (χ0) is 14.0. The lowest BCUT2D eigenvalue weighted by molar-refractivity contribution is 0.0998. The Kier molecular flexibility index (Phi) is 3.37. The van der Waals surface area contributed by atoms with E-state index in [0.29, 0.717) is 17.0 Å². The number of rotatable bonds is 3. The molecule has 0 saturated heterocycles. The Hall–Kier alpha value is -2.56. The molecule has 0 atom stereocenters. The number of anilines is 1. The molecule has 0 saturated carbocycles. The maximum atomic E-state index is 13.2. The van der Waals surface area contributed by atoms with Gasteiger partial charge in [-0.05, 0) is 42.8 Å². The van der Waals surface area contributed by atoms with Crippen LogP contribution < -0.4 is 16.2 Å². The topological polar surface area (TPSA) is 78.3 Å². The van der Waals surface area contributed by atoms with E-state index in [4.69, 9.17) is 16.2 Å². The maximum absolute atomic E-state index is 13.2. The number of primary amides is 1. The highest BCUT2D eigenvalue weighted by molar-refractivity contribution is 5.97. The molecule has 0 aliphatic carbocycles. The van der Waals surface area contributed by atoms with E-state index in [9.17, 15) is 9.18 Å². The van der Waals surface area contributed by atoms with E-state index in [-0.39, 0.29) is 17.1 Å². The van der Waals surface area contributed by atoms with E-state index in [1.807, 2.05) is 0 Å². The van der Waals surface area contributed by atoms with Crippen LogP contribution in [0.25, 0.3) is 0 Å². The molecule has 2 aromatic carbocycles. The number of nitrogen functional groups attached to an aromatic ring is 1. The molecule has 0 aliphatic heterocycles. The highest BCUT2D eigenvalue weighted by atomic mass is 19.1. The van der Waals surface area contributed by atoms with Crippen molar-refractivity contribution in [1.82, 2.24) is 0 Å². The zero-order valence-corrected chi connectivity index (χ0v) is 10.3. The lowest BCUT2D eigenvalue weighted by atomic mass is 10.1. The van der Waals surface area contributed by atoms with Gasteiger partial charge >= 0.3 is 0 Å². The highest BCUT2D eigenvalue weighted by Crippen LogP contribution is 2.31. The standard InChI is InChI=1S/C14H13FN2O2/c1-8-7-9(5-6-11(8)15)19-13-10(14(17)18)3-2-4-12(13)16/h2-7H,16H2,1H3,(H2,17,18). The van der Waals surface area contributed by atoms with Crippen molar-refractivity contribution in [2.45, 2.75) is 6.92 Å². The van der Waals surface area contributed by atoms with Gasteiger partial charge in [0, 0.05) is 0 Å². The van der Waals surface area contributed by atoms with E-state index in [1.165, 1.54) is 24.3 Å². The average molecular weight is 260 g/mol. The summed E-state index contributed by atoms with van der Waals surface area (Å²) in [4.78, 5) is 11.3. The lowest BCUT2D eigenvalue weighted by Gasteiger charge is -2.12. The van der Waals surface area contributed by atoms with Crippen LogP contribution in [0.5, 0.6) is 11.5 Å². The summed E-state index contributed by atoms with van der Waals surface area (Å²) in [6.07, 6.45) is 0. The molecule has 0 unspecified atom stereocenters. The van der Waals surface area contributed by atoms with Crippen molar-refractivity contribution < 1.29 is 13.9 Å². The molecular weight excluding hydrogens is 247 g/mol. The number of para-hydroxylation sites is 1. The number of carbonyl (C=O) groups excluding carboxylic acids is 1. The summed E-state index contributed by atoms with van der Waals surface area (Å²) in [6.45, 7) is 1.62. The van der Waals surface area contributed by atoms with Crippen molar-refractivity contribution in [1.29, 1.82) is 0 Å². The van der Waals surface area contributed by atoms with Gasteiger partial charge in [-0.3, -0.25) is 4.79 Å². The van der Waals surface area contributed by atoms with Crippen LogP contribution in [0.2, 0.25) is 0 Å². The number of aryl methyl sites for hydroxylation is 1. The fraction of sp³-hybridized carbons (Fsp3) is 0.0714. The second-order valence-corrected chi connectivity index (χ2v) is 4.10. The summed E-state index contributed by atoms with van der Waals surface area (Å²) in [5.41, 5.74) is 11.9. The molecule has 4 N–H and O–H groups in total. The molecule has 1 amide bonds. The van der Waals surface area contributed by atoms with E-state index >= 15 is 0 Å². The second-order valence-electron chi connectivity index (χ2n) is 4.10. The number of benzene rings is 2. The monoisotopic (exact) mass is 260 g/mol. The minimum atomic E-state index is -0.638. The van der Waals surface area contributed by atoms with Crippen LogP contribution in [0, 0.1) is 12.7 Å². The van der Waals surface area contributed by atoms with Gasteiger partial charge in [0.25, 0.3) is 5.91 Å². The molecule has 2 aromatic rings. The second kappa shape index (κ2) is 4.97. The van der Waals surface area contributed by atoms with Gasteiger partial charge in [-0.1, -0.05) is 6.07 Å². The first-order valence-corrected chi connectivity index (χ1v) is 5.61. The third-order valence-corrected chi connectivity index (χ3v) is 2.66. The molecule has 0 radical (unpaired) electrons. The average Bonchev–Trinajstić information content (AvgIpc) is 2.36. The van der Waals surface area contributed by atoms with E-state index in [1.54, 1.807) is 19.1 Å². The molecule has 0 bridgehead atoms. The van der Waals surface area contributed by atoms with Gasteiger partial charge < -0.3 is 16.2 Å². The minimum Gasteiger partial charge on any atom is -0.454 e. The van der Waals surface area contributed by atoms with E-state index in [0.717, 1.165) is 0 Å². The normalized spacial score (nSPS) is 10.2. The molecule has 98 valence electrons. The molecule has 0 heterocycles. The van der Waals surface area contributed by atoms with E-state index < -0.39 is 5.91 Å². The van der Waals surface area contributed by atoms with Gasteiger partial charge in [-0.2, -0.15) is 0 Å². The van der Waals surface area contributed by atoms with Gasteiger partial charge in [0.1, 0.15) is 11.6 Å². The van der Waals surface area contributed by atoms with Crippen LogP contribution in [0.4, 0.5) is 10.1 Å². The van der Waals surface area contributed by atoms with Gasteiger partial charge in [0.05, 0.1) is 11.3 Å². The summed E-state index contributed by atoms with van der Waals surface area (Å²) in [7, 11) is 0. The van der Waals surface area contributed by atoms with Crippen LogP contribution in [0.1, 0.15) is 15.9 Å². The number of ether oxygens (including phenoxy) is 1. The Balaban J connectivity index is 2.42. The van der Waals surface area contributed by atoms with Gasteiger partial charge in [-0.25, -0.2) is 4.39 Å². The Morgan fingerprint density at radius 2 is 2.00 bits per heavy atom. The van der Waals surface area contributed by atoms with Gasteiger partial charge in [0.2, 0.25) is 0 Å². The number of nitrogens with two attached hydrogens (primary N) is 2. The predicted octanol–water partition coefficient (Wildman–Crippen LogP) is 2.61. The molecule has 5 heteroatoms. The third kappa shape index (κ3) is 2.65. The molecule has 0 aromatic heterocycles. The van der Waals surface area contributed by atoms with Crippen LogP contribution in [-0.2, 0) is 0 Å². The first-order chi connectivity index (χ1) is 8.99. The summed E-state index contributed by atoms with van der Waals surface area (Å²) in [5.74, 6) is -0.398. The Morgan fingerprint density at radius 3 is 2.63 bits per heavy atom. The van der Waals surface area contributed by atoms with Crippen molar-refractivity contribution in [2.75, 3.05) is 5.73 Å². The van der Waals surface area contributed by atoms with Crippen molar-refractivity contribution >= 4 is 11.6 Å². The molecule has 2 rings (SSSR count). The van der Waals surface area contributed by atoms with Crippen molar-refractivity contribution in [3.8, 4) is 11.5 Å². The van der Waals surface area contributed by atoms with E-state index in [2.05, 4.69) is 0 Å². The van der Waals surface area contributed by atoms with Crippen molar-refractivity contribution in [3.05, 3.63) is 53.3 Å². The minimum absolute atomic E-state index is 0.181. The number of hydrogen-bond donors (Lipinski definition) is 2. The zero-order valence-electron chi connectivity index (χ0n) is 10.3. The van der Waals surface area contributed by atoms with Gasteiger partial charge in [0.15, 0.2) is 5.75 Å². The Morgan fingerprint density at radius 1 is 1.26 bits per heavy atom. The first-order valence-electron chi connectivity index (χ1n) is 5.61. The quantitative estimate of drug-likeness (QED) is 0.832. The molecular formula is C14H13FN2O2.